The van der Waals surface area contributed by atoms with Gasteiger partial charge in [0.2, 0.25) is 5.91 Å². The van der Waals surface area contributed by atoms with Crippen LogP contribution in [-0.4, -0.2) is 23.9 Å². The summed E-state index contributed by atoms with van der Waals surface area (Å²) in [7, 11) is 0. The zero-order valence-corrected chi connectivity index (χ0v) is 13.0. The monoisotopic (exact) mass is 327 g/mol. The van der Waals surface area contributed by atoms with Gasteiger partial charge in [-0.15, -0.1) is 0 Å². The lowest BCUT2D eigenvalue weighted by molar-refractivity contribution is -0.123. The predicted octanol–water partition coefficient (Wildman–Crippen LogP) is 1.55. The third kappa shape index (κ3) is 4.33. The highest BCUT2D eigenvalue weighted by Gasteiger charge is 2.19. The molecule has 24 heavy (non-hydrogen) atoms. The SMILES string of the molecule is CC(OC(=O)c1cccc(N)c1)C(=O)Nc1ccc(C(N)=O)cc1. The van der Waals surface area contributed by atoms with Crippen molar-refractivity contribution in [3.8, 4) is 0 Å². The van der Waals surface area contributed by atoms with Crippen molar-refractivity contribution >= 4 is 29.2 Å². The van der Waals surface area contributed by atoms with Gasteiger partial charge in [0.25, 0.3) is 5.91 Å². The van der Waals surface area contributed by atoms with Crippen molar-refractivity contribution < 1.29 is 19.1 Å². The largest absolute Gasteiger partial charge is 0.449 e. The van der Waals surface area contributed by atoms with E-state index in [9.17, 15) is 14.4 Å². The highest BCUT2D eigenvalue weighted by atomic mass is 16.5. The van der Waals surface area contributed by atoms with Crippen molar-refractivity contribution in [1.82, 2.24) is 0 Å². The van der Waals surface area contributed by atoms with E-state index in [2.05, 4.69) is 5.32 Å². The van der Waals surface area contributed by atoms with Gasteiger partial charge < -0.3 is 21.5 Å². The average molecular weight is 327 g/mol. The van der Waals surface area contributed by atoms with E-state index in [0.717, 1.165) is 0 Å². The summed E-state index contributed by atoms with van der Waals surface area (Å²) >= 11 is 0. The first-order valence-corrected chi connectivity index (χ1v) is 7.14. The van der Waals surface area contributed by atoms with Gasteiger partial charge in [0, 0.05) is 16.9 Å². The van der Waals surface area contributed by atoms with Crippen LogP contribution in [-0.2, 0) is 9.53 Å². The fourth-order valence-corrected chi connectivity index (χ4v) is 1.91. The molecular formula is C17H17N3O4. The van der Waals surface area contributed by atoms with Crippen molar-refractivity contribution in [2.24, 2.45) is 5.73 Å². The Hall–Kier alpha value is -3.35. The van der Waals surface area contributed by atoms with Gasteiger partial charge in [-0.1, -0.05) is 6.07 Å². The van der Waals surface area contributed by atoms with Gasteiger partial charge in [-0.3, -0.25) is 9.59 Å². The molecule has 7 heteroatoms. The molecule has 0 aliphatic carbocycles. The van der Waals surface area contributed by atoms with Gasteiger partial charge in [-0.25, -0.2) is 4.79 Å². The third-order valence-electron chi connectivity index (χ3n) is 3.21. The van der Waals surface area contributed by atoms with E-state index in [0.29, 0.717) is 16.9 Å². The van der Waals surface area contributed by atoms with E-state index in [1.165, 1.54) is 37.3 Å². The molecule has 124 valence electrons. The lowest BCUT2D eigenvalue weighted by Gasteiger charge is -2.14. The molecule has 2 aromatic rings. The van der Waals surface area contributed by atoms with Gasteiger partial charge in [0.05, 0.1) is 5.56 Å². The Bertz CT molecular complexity index is 772. The molecule has 0 bridgehead atoms. The van der Waals surface area contributed by atoms with E-state index >= 15 is 0 Å². The lowest BCUT2D eigenvalue weighted by atomic mass is 10.2. The smallest absolute Gasteiger partial charge is 0.338 e. The molecule has 0 radical (unpaired) electrons. The minimum Gasteiger partial charge on any atom is -0.449 e. The normalized spacial score (nSPS) is 11.4. The number of esters is 1. The topological polar surface area (TPSA) is 125 Å². The molecule has 0 spiro atoms. The Kier molecular flexibility index (Phi) is 5.16. The number of amides is 2. The van der Waals surface area contributed by atoms with Crippen LogP contribution in [0.15, 0.2) is 48.5 Å². The minimum absolute atomic E-state index is 0.264. The quantitative estimate of drug-likeness (QED) is 0.567. The van der Waals surface area contributed by atoms with Crippen LogP contribution in [0.5, 0.6) is 0 Å². The Labute approximate surface area is 138 Å². The number of nitrogens with two attached hydrogens (primary N) is 2. The van der Waals surface area contributed by atoms with E-state index in [4.69, 9.17) is 16.2 Å². The standard InChI is InChI=1S/C17H17N3O4/c1-10(24-17(23)12-3-2-4-13(18)9-12)16(22)20-14-7-5-11(6-8-14)15(19)21/h2-10H,18H2,1H3,(H2,19,21)(H,20,22). The Morgan fingerprint density at radius 1 is 1.04 bits per heavy atom. The maximum Gasteiger partial charge on any atom is 0.338 e. The zero-order chi connectivity index (χ0) is 17.7. The molecule has 0 fully saturated rings. The number of hydrogen-bond acceptors (Lipinski definition) is 5. The molecule has 2 amide bonds. The molecule has 0 saturated heterocycles. The number of hydrogen-bond donors (Lipinski definition) is 3. The summed E-state index contributed by atoms with van der Waals surface area (Å²) in [6.07, 6.45) is -1.00. The predicted molar refractivity (Wildman–Crippen MR) is 89.3 cm³/mol. The van der Waals surface area contributed by atoms with Gasteiger partial charge in [0.1, 0.15) is 0 Å². The first-order valence-electron chi connectivity index (χ1n) is 7.14. The number of nitrogens with one attached hydrogen (secondary N) is 1. The number of rotatable bonds is 5. The summed E-state index contributed by atoms with van der Waals surface area (Å²) in [5.74, 6) is -1.70. The van der Waals surface area contributed by atoms with E-state index in [-0.39, 0.29) is 5.56 Å². The van der Waals surface area contributed by atoms with E-state index < -0.39 is 23.9 Å². The molecule has 0 saturated carbocycles. The molecular weight excluding hydrogens is 310 g/mol. The highest BCUT2D eigenvalue weighted by Crippen LogP contribution is 2.12. The molecule has 0 aliphatic heterocycles. The Morgan fingerprint density at radius 3 is 2.29 bits per heavy atom. The van der Waals surface area contributed by atoms with Crippen molar-refractivity contribution in [3.63, 3.8) is 0 Å². The average Bonchev–Trinajstić information content (AvgIpc) is 2.55. The van der Waals surface area contributed by atoms with Crippen LogP contribution in [0, 0.1) is 0 Å². The highest BCUT2D eigenvalue weighted by molar-refractivity contribution is 5.98. The van der Waals surface area contributed by atoms with Crippen LogP contribution in [0.3, 0.4) is 0 Å². The summed E-state index contributed by atoms with van der Waals surface area (Å²) in [6, 6.07) is 12.3. The van der Waals surface area contributed by atoms with Crippen LogP contribution in [0.4, 0.5) is 11.4 Å². The molecule has 2 aromatic carbocycles. The lowest BCUT2D eigenvalue weighted by Crippen LogP contribution is -2.30. The second kappa shape index (κ2) is 7.28. The summed E-state index contributed by atoms with van der Waals surface area (Å²) in [5, 5.41) is 2.58. The fourth-order valence-electron chi connectivity index (χ4n) is 1.91. The van der Waals surface area contributed by atoms with Crippen LogP contribution in [0.25, 0.3) is 0 Å². The van der Waals surface area contributed by atoms with Crippen molar-refractivity contribution in [1.29, 1.82) is 0 Å². The molecule has 2 rings (SSSR count). The second-order valence-corrected chi connectivity index (χ2v) is 5.10. The van der Waals surface area contributed by atoms with Gasteiger partial charge in [0.15, 0.2) is 6.10 Å². The Balaban J connectivity index is 1.96. The number of primary amides is 1. The second-order valence-electron chi connectivity index (χ2n) is 5.10. The maximum absolute atomic E-state index is 12.1. The number of carbonyl (C=O) groups is 3. The number of carbonyl (C=O) groups excluding carboxylic acids is 3. The molecule has 0 aromatic heterocycles. The van der Waals surface area contributed by atoms with Gasteiger partial charge in [-0.2, -0.15) is 0 Å². The molecule has 7 nitrogen and oxygen atoms in total. The maximum atomic E-state index is 12.1. The third-order valence-corrected chi connectivity index (χ3v) is 3.21. The molecule has 0 heterocycles. The number of anilines is 2. The minimum atomic E-state index is -1.00. The van der Waals surface area contributed by atoms with Crippen LogP contribution in [0.1, 0.15) is 27.6 Å². The number of benzene rings is 2. The summed E-state index contributed by atoms with van der Waals surface area (Å²) < 4.78 is 5.11. The van der Waals surface area contributed by atoms with Gasteiger partial charge in [-0.05, 0) is 49.4 Å². The number of nitrogen functional groups attached to an aromatic ring is 1. The molecule has 0 aliphatic rings. The first-order chi connectivity index (χ1) is 11.4. The number of ether oxygens (including phenoxy) is 1. The van der Waals surface area contributed by atoms with E-state index in [1.807, 2.05) is 0 Å². The van der Waals surface area contributed by atoms with Crippen LogP contribution < -0.4 is 16.8 Å². The van der Waals surface area contributed by atoms with Crippen LogP contribution >= 0.6 is 0 Å². The zero-order valence-electron chi connectivity index (χ0n) is 13.0. The van der Waals surface area contributed by atoms with Crippen molar-refractivity contribution in [3.05, 3.63) is 59.7 Å². The van der Waals surface area contributed by atoms with Crippen molar-refractivity contribution in [2.75, 3.05) is 11.1 Å². The summed E-state index contributed by atoms with van der Waals surface area (Å²) in [5.41, 5.74) is 12.2. The molecule has 1 unspecified atom stereocenters. The fraction of sp³-hybridized carbons (Fsp3) is 0.118. The van der Waals surface area contributed by atoms with Crippen LogP contribution in [0.2, 0.25) is 0 Å². The molecule has 5 N–H and O–H groups in total. The van der Waals surface area contributed by atoms with Gasteiger partial charge >= 0.3 is 5.97 Å². The summed E-state index contributed by atoms with van der Waals surface area (Å²) in [6.45, 7) is 1.46. The Morgan fingerprint density at radius 2 is 1.71 bits per heavy atom. The van der Waals surface area contributed by atoms with E-state index in [1.54, 1.807) is 18.2 Å². The first kappa shape index (κ1) is 17.0. The summed E-state index contributed by atoms with van der Waals surface area (Å²) in [4.78, 5) is 35.0. The van der Waals surface area contributed by atoms with Crippen molar-refractivity contribution in [2.45, 2.75) is 13.0 Å². The molecule has 1 atom stereocenters.